The number of fused-ring (bicyclic) bond motifs is 4. The van der Waals surface area contributed by atoms with Crippen molar-refractivity contribution in [3.8, 4) is 5.75 Å². The minimum absolute atomic E-state index is 0.0701. The molecule has 4 aliphatic heterocycles. The molecular formula is C26H33N3O2. The Bertz CT molecular complexity index is 919. The predicted molar refractivity (Wildman–Crippen MR) is 122 cm³/mol. The summed E-state index contributed by atoms with van der Waals surface area (Å²) in [7, 11) is 0. The van der Waals surface area contributed by atoms with Gasteiger partial charge in [0.1, 0.15) is 5.75 Å². The number of hydrogen-bond donors (Lipinski definition) is 1. The lowest BCUT2D eigenvalue weighted by Gasteiger charge is -2.46. The number of nitrogens with one attached hydrogen (secondary N) is 1. The molecule has 2 atom stereocenters. The summed E-state index contributed by atoms with van der Waals surface area (Å²) in [5.74, 6) is 1.49. The van der Waals surface area contributed by atoms with Crippen molar-refractivity contribution in [1.29, 1.82) is 0 Å². The number of nitrogens with zero attached hydrogens (tertiary/aromatic N) is 2. The van der Waals surface area contributed by atoms with Gasteiger partial charge in [0, 0.05) is 19.1 Å². The van der Waals surface area contributed by atoms with Gasteiger partial charge in [0.05, 0.1) is 12.1 Å². The summed E-state index contributed by atoms with van der Waals surface area (Å²) in [4.78, 5) is 18.0. The standard InChI is InChI=1S/C26H33N3O2/c1-18(2)31-22-9-7-21(8-10-22)25-23-6-4-3-5-19(23)13-16-29(25)26(30)27-24-17-28-14-11-20(24)12-15-28/h3-10,18,20,24-25H,11-17H2,1-2H3,(H,27,30)/t24-,25?/m0/s1. The van der Waals surface area contributed by atoms with E-state index in [0.717, 1.165) is 30.8 Å². The second-order valence-electron chi connectivity index (χ2n) is 9.47. The summed E-state index contributed by atoms with van der Waals surface area (Å²) >= 11 is 0. The number of amides is 2. The largest absolute Gasteiger partial charge is 0.491 e. The maximum Gasteiger partial charge on any atom is 0.318 e. The number of ether oxygens (including phenoxy) is 1. The molecule has 0 spiro atoms. The van der Waals surface area contributed by atoms with Crippen molar-refractivity contribution in [3.63, 3.8) is 0 Å². The monoisotopic (exact) mass is 419 g/mol. The second-order valence-corrected chi connectivity index (χ2v) is 9.47. The van der Waals surface area contributed by atoms with Crippen molar-refractivity contribution in [2.45, 2.75) is 51.3 Å². The van der Waals surface area contributed by atoms with E-state index in [0.29, 0.717) is 5.92 Å². The van der Waals surface area contributed by atoms with Crippen molar-refractivity contribution >= 4 is 6.03 Å². The fourth-order valence-corrected chi connectivity index (χ4v) is 5.52. The maximum atomic E-state index is 13.5. The minimum Gasteiger partial charge on any atom is -0.491 e. The van der Waals surface area contributed by atoms with Crippen LogP contribution < -0.4 is 10.1 Å². The van der Waals surface area contributed by atoms with Gasteiger partial charge in [-0.1, -0.05) is 36.4 Å². The molecule has 0 saturated carbocycles. The number of piperidine rings is 3. The van der Waals surface area contributed by atoms with E-state index in [1.165, 1.54) is 37.1 Å². The Hall–Kier alpha value is -2.53. The Labute approximate surface area is 185 Å². The first kappa shape index (κ1) is 20.4. The third-order valence-electron chi connectivity index (χ3n) is 7.08. The average molecular weight is 420 g/mol. The van der Waals surface area contributed by atoms with Gasteiger partial charge in [-0.2, -0.15) is 0 Å². The Kier molecular flexibility index (Phi) is 5.61. The highest BCUT2D eigenvalue weighted by Gasteiger charge is 2.38. The molecule has 3 saturated heterocycles. The molecule has 6 rings (SSSR count). The Balaban J connectivity index is 1.41. The normalized spacial score (nSPS) is 27.1. The summed E-state index contributed by atoms with van der Waals surface area (Å²) < 4.78 is 5.83. The summed E-state index contributed by atoms with van der Waals surface area (Å²) in [5, 5.41) is 3.41. The van der Waals surface area contributed by atoms with Crippen LogP contribution >= 0.6 is 0 Å². The number of rotatable bonds is 4. The van der Waals surface area contributed by atoms with Gasteiger partial charge in [-0.15, -0.1) is 0 Å². The van der Waals surface area contributed by atoms with Crippen LogP contribution in [0.15, 0.2) is 48.5 Å². The van der Waals surface area contributed by atoms with Crippen LogP contribution in [0.4, 0.5) is 4.79 Å². The Morgan fingerprint density at radius 2 is 1.77 bits per heavy atom. The summed E-state index contributed by atoms with van der Waals surface area (Å²) in [6.45, 7) is 8.16. The maximum absolute atomic E-state index is 13.5. The quantitative estimate of drug-likeness (QED) is 0.807. The molecule has 0 aliphatic carbocycles. The molecule has 4 heterocycles. The third kappa shape index (κ3) is 4.16. The molecular weight excluding hydrogens is 386 g/mol. The van der Waals surface area contributed by atoms with Crippen LogP contribution in [0.25, 0.3) is 0 Å². The van der Waals surface area contributed by atoms with Gasteiger partial charge in [-0.25, -0.2) is 4.79 Å². The van der Waals surface area contributed by atoms with Gasteiger partial charge in [0.25, 0.3) is 0 Å². The highest BCUT2D eigenvalue weighted by molar-refractivity contribution is 5.76. The molecule has 31 heavy (non-hydrogen) atoms. The molecule has 1 N–H and O–H groups in total. The molecule has 164 valence electrons. The molecule has 2 aromatic rings. The lowest BCUT2D eigenvalue weighted by Crippen LogP contribution is -2.59. The Morgan fingerprint density at radius 1 is 1.03 bits per heavy atom. The lowest BCUT2D eigenvalue weighted by molar-refractivity contribution is 0.0715. The number of benzene rings is 2. The summed E-state index contributed by atoms with van der Waals surface area (Å²) in [6, 6.07) is 17.1. The van der Waals surface area contributed by atoms with Crippen LogP contribution in [0, 0.1) is 5.92 Å². The van der Waals surface area contributed by atoms with Crippen molar-refractivity contribution < 1.29 is 9.53 Å². The first-order valence-electron chi connectivity index (χ1n) is 11.7. The van der Waals surface area contributed by atoms with E-state index >= 15 is 0 Å². The minimum atomic E-state index is -0.0702. The van der Waals surface area contributed by atoms with Gasteiger partial charge >= 0.3 is 6.03 Å². The number of hydrogen-bond acceptors (Lipinski definition) is 3. The summed E-state index contributed by atoms with van der Waals surface area (Å²) in [6.07, 6.45) is 3.45. The van der Waals surface area contributed by atoms with Gasteiger partial charge in [0.2, 0.25) is 0 Å². The molecule has 1 unspecified atom stereocenters. The first-order chi connectivity index (χ1) is 15.1. The van der Waals surface area contributed by atoms with E-state index in [9.17, 15) is 4.79 Å². The van der Waals surface area contributed by atoms with E-state index < -0.39 is 0 Å². The van der Waals surface area contributed by atoms with E-state index in [1.807, 2.05) is 30.9 Å². The zero-order valence-electron chi connectivity index (χ0n) is 18.6. The molecule has 5 nitrogen and oxygen atoms in total. The van der Waals surface area contributed by atoms with Crippen molar-refractivity contribution in [2.75, 3.05) is 26.2 Å². The molecule has 2 aromatic carbocycles. The average Bonchev–Trinajstić information content (AvgIpc) is 2.79. The fourth-order valence-electron chi connectivity index (χ4n) is 5.52. The van der Waals surface area contributed by atoms with Crippen LogP contribution in [0.3, 0.4) is 0 Å². The number of urea groups is 1. The van der Waals surface area contributed by atoms with Crippen molar-refractivity contribution in [2.24, 2.45) is 5.92 Å². The van der Waals surface area contributed by atoms with E-state index in [4.69, 9.17) is 4.74 Å². The predicted octanol–water partition coefficient (Wildman–Crippen LogP) is 4.23. The zero-order valence-corrected chi connectivity index (χ0v) is 18.6. The second kappa shape index (κ2) is 8.54. The third-order valence-corrected chi connectivity index (χ3v) is 7.08. The molecule has 3 fully saturated rings. The molecule has 0 radical (unpaired) electrons. The van der Waals surface area contributed by atoms with Crippen molar-refractivity contribution in [1.82, 2.24) is 15.1 Å². The Morgan fingerprint density at radius 3 is 2.45 bits per heavy atom. The van der Waals surface area contributed by atoms with Gasteiger partial charge in [-0.05, 0) is 80.9 Å². The topological polar surface area (TPSA) is 44.8 Å². The first-order valence-corrected chi connectivity index (χ1v) is 11.7. The molecule has 2 bridgehead atoms. The highest BCUT2D eigenvalue weighted by Crippen LogP contribution is 2.36. The molecule has 5 heteroatoms. The van der Waals surface area contributed by atoms with Crippen LogP contribution in [0.5, 0.6) is 5.75 Å². The van der Waals surface area contributed by atoms with Crippen LogP contribution in [-0.2, 0) is 6.42 Å². The fraction of sp³-hybridized carbons (Fsp3) is 0.500. The van der Waals surface area contributed by atoms with Crippen LogP contribution in [0.2, 0.25) is 0 Å². The molecule has 2 amide bonds. The van der Waals surface area contributed by atoms with E-state index in [-0.39, 0.29) is 24.2 Å². The molecule has 4 aliphatic rings. The zero-order chi connectivity index (χ0) is 21.4. The number of carbonyl (C=O) groups is 1. The van der Waals surface area contributed by atoms with Gasteiger partial charge < -0.3 is 19.9 Å². The highest BCUT2D eigenvalue weighted by atomic mass is 16.5. The van der Waals surface area contributed by atoms with E-state index in [2.05, 4.69) is 46.6 Å². The smallest absolute Gasteiger partial charge is 0.318 e. The summed E-state index contributed by atoms with van der Waals surface area (Å²) in [5.41, 5.74) is 3.70. The van der Waals surface area contributed by atoms with Crippen LogP contribution in [-0.4, -0.2) is 54.2 Å². The number of carbonyl (C=O) groups excluding carboxylic acids is 1. The van der Waals surface area contributed by atoms with E-state index in [1.54, 1.807) is 0 Å². The molecule has 0 aromatic heterocycles. The SMILES string of the molecule is CC(C)Oc1ccc(C2c3ccccc3CCN2C(=O)N[C@H]2CN3CCC2CC3)cc1. The van der Waals surface area contributed by atoms with Gasteiger partial charge in [0.15, 0.2) is 0 Å². The van der Waals surface area contributed by atoms with Gasteiger partial charge in [-0.3, -0.25) is 0 Å². The van der Waals surface area contributed by atoms with Crippen molar-refractivity contribution in [3.05, 3.63) is 65.2 Å². The lowest BCUT2D eigenvalue weighted by atomic mass is 9.84. The van der Waals surface area contributed by atoms with Crippen LogP contribution in [0.1, 0.15) is 49.4 Å².